The van der Waals surface area contributed by atoms with Crippen LogP contribution in [0.2, 0.25) is 0 Å². The molecule has 2 heterocycles. The van der Waals surface area contributed by atoms with Gasteiger partial charge in [-0.15, -0.1) is 0 Å². The number of aromatic nitrogens is 3. The van der Waals surface area contributed by atoms with Crippen LogP contribution in [-0.4, -0.2) is 21.3 Å². The van der Waals surface area contributed by atoms with Crippen molar-refractivity contribution < 1.29 is 0 Å². The zero-order valence-electron chi connectivity index (χ0n) is 12.4. The van der Waals surface area contributed by atoms with Crippen LogP contribution in [0.15, 0.2) is 36.9 Å². The van der Waals surface area contributed by atoms with Gasteiger partial charge in [-0.05, 0) is 50.4 Å². The van der Waals surface area contributed by atoms with Gasteiger partial charge in [0.15, 0.2) is 0 Å². The van der Waals surface area contributed by atoms with E-state index in [1.54, 1.807) is 0 Å². The number of nitrogens with one attached hydrogen (secondary N) is 1. The summed E-state index contributed by atoms with van der Waals surface area (Å²) in [5.74, 6) is 0. The zero-order chi connectivity index (χ0) is 14.2. The Morgan fingerprint density at radius 1 is 1.25 bits per heavy atom. The van der Waals surface area contributed by atoms with E-state index in [1.165, 1.54) is 11.1 Å². The molecule has 2 rings (SSSR count). The van der Waals surface area contributed by atoms with E-state index >= 15 is 0 Å². The van der Waals surface area contributed by atoms with Crippen molar-refractivity contribution in [3.05, 3.63) is 48.0 Å². The largest absolute Gasteiger partial charge is 0.310 e. The van der Waals surface area contributed by atoms with E-state index in [-0.39, 0.29) is 0 Å². The molecule has 0 radical (unpaired) electrons. The first-order valence-electron chi connectivity index (χ1n) is 7.48. The van der Waals surface area contributed by atoms with Crippen molar-refractivity contribution in [3.8, 4) is 0 Å². The van der Waals surface area contributed by atoms with Gasteiger partial charge in [0.05, 0.1) is 6.20 Å². The summed E-state index contributed by atoms with van der Waals surface area (Å²) in [6.45, 7) is 6.27. The molecule has 1 atom stereocenters. The first kappa shape index (κ1) is 14.7. The average Bonchev–Trinajstić information content (AvgIpc) is 2.97. The molecule has 0 aliphatic carbocycles. The lowest BCUT2D eigenvalue weighted by molar-refractivity contribution is 0.498. The SMILES string of the molecule is CCCNC(CCc1ccncc1)c1cnn(CC)c1. The molecule has 0 fully saturated rings. The normalized spacial score (nSPS) is 12.5. The third kappa shape index (κ3) is 4.17. The highest BCUT2D eigenvalue weighted by Crippen LogP contribution is 2.18. The Morgan fingerprint density at radius 3 is 2.70 bits per heavy atom. The molecular formula is C16H24N4. The Hall–Kier alpha value is -1.68. The van der Waals surface area contributed by atoms with Gasteiger partial charge in [-0.25, -0.2) is 0 Å². The fourth-order valence-electron chi connectivity index (χ4n) is 2.30. The molecule has 0 amide bonds. The molecule has 2 aromatic heterocycles. The molecule has 0 bridgehead atoms. The fraction of sp³-hybridized carbons (Fsp3) is 0.500. The summed E-state index contributed by atoms with van der Waals surface area (Å²) in [5, 5.41) is 8.01. The molecule has 0 aliphatic heterocycles. The molecule has 2 aromatic rings. The number of pyridine rings is 1. The summed E-state index contributed by atoms with van der Waals surface area (Å²) in [7, 11) is 0. The van der Waals surface area contributed by atoms with Gasteiger partial charge in [-0.3, -0.25) is 9.67 Å². The van der Waals surface area contributed by atoms with Crippen LogP contribution >= 0.6 is 0 Å². The lowest BCUT2D eigenvalue weighted by Crippen LogP contribution is -2.22. The van der Waals surface area contributed by atoms with Crippen LogP contribution in [0.25, 0.3) is 0 Å². The van der Waals surface area contributed by atoms with Crippen molar-refractivity contribution in [2.75, 3.05) is 6.54 Å². The van der Waals surface area contributed by atoms with Gasteiger partial charge in [-0.1, -0.05) is 6.92 Å². The van der Waals surface area contributed by atoms with E-state index in [1.807, 2.05) is 23.3 Å². The Bertz CT molecular complexity index is 492. The summed E-state index contributed by atoms with van der Waals surface area (Å²) in [5.41, 5.74) is 2.63. The second-order valence-corrected chi connectivity index (χ2v) is 5.03. The van der Waals surface area contributed by atoms with Gasteiger partial charge in [0.2, 0.25) is 0 Å². The van der Waals surface area contributed by atoms with Gasteiger partial charge in [0, 0.05) is 36.7 Å². The van der Waals surface area contributed by atoms with Crippen molar-refractivity contribution in [3.63, 3.8) is 0 Å². The molecule has 0 saturated heterocycles. The summed E-state index contributed by atoms with van der Waals surface area (Å²) in [4.78, 5) is 4.07. The molecule has 0 aromatic carbocycles. The summed E-state index contributed by atoms with van der Waals surface area (Å²) < 4.78 is 1.99. The molecule has 0 aliphatic rings. The first-order chi connectivity index (χ1) is 9.83. The van der Waals surface area contributed by atoms with Crippen LogP contribution in [-0.2, 0) is 13.0 Å². The second kappa shape index (κ2) is 7.80. The average molecular weight is 272 g/mol. The molecule has 108 valence electrons. The van der Waals surface area contributed by atoms with Crippen molar-refractivity contribution >= 4 is 0 Å². The summed E-state index contributed by atoms with van der Waals surface area (Å²) in [6.07, 6.45) is 11.1. The van der Waals surface area contributed by atoms with Crippen LogP contribution < -0.4 is 5.32 Å². The number of rotatable bonds is 8. The maximum absolute atomic E-state index is 4.39. The molecule has 1 N–H and O–H groups in total. The smallest absolute Gasteiger partial charge is 0.0537 e. The summed E-state index contributed by atoms with van der Waals surface area (Å²) in [6, 6.07) is 4.56. The Balaban J connectivity index is 1.99. The molecule has 0 saturated carbocycles. The molecule has 20 heavy (non-hydrogen) atoms. The highest BCUT2D eigenvalue weighted by molar-refractivity contribution is 5.14. The molecule has 4 nitrogen and oxygen atoms in total. The lowest BCUT2D eigenvalue weighted by Gasteiger charge is -2.17. The van der Waals surface area contributed by atoms with Crippen molar-refractivity contribution in [1.82, 2.24) is 20.1 Å². The zero-order valence-corrected chi connectivity index (χ0v) is 12.4. The Kier molecular flexibility index (Phi) is 5.74. The van der Waals surface area contributed by atoms with E-state index in [9.17, 15) is 0 Å². The monoisotopic (exact) mass is 272 g/mol. The lowest BCUT2D eigenvalue weighted by atomic mass is 10.0. The topological polar surface area (TPSA) is 42.7 Å². The first-order valence-corrected chi connectivity index (χ1v) is 7.48. The van der Waals surface area contributed by atoms with Crippen molar-refractivity contribution in [1.29, 1.82) is 0 Å². The number of aryl methyl sites for hydroxylation is 2. The van der Waals surface area contributed by atoms with Gasteiger partial charge in [-0.2, -0.15) is 5.10 Å². The Labute approximate surface area is 121 Å². The third-order valence-electron chi connectivity index (χ3n) is 3.49. The predicted molar refractivity (Wildman–Crippen MR) is 81.5 cm³/mol. The minimum absolute atomic E-state index is 0.378. The number of hydrogen-bond acceptors (Lipinski definition) is 3. The van der Waals surface area contributed by atoms with Gasteiger partial charge >= 0.3 is 0 Å². The molecule has 0 spiro atoms. The van der Waals surface area contributed by atoms with E-state index in [0.29, 0.717) is 6.04 Å². The van der Waals surface area contributed by atoms with Crippen LogP contribution in [0.4, 0.5) is 0 Å². The highest BCUT2D eigenvalue weighted by atomic mass is 15.3. The maximum atomic E-state index is 4.39. The van der Waals surface area contributed by atoms with Gasteiger partial charge < -0.3 is 5.32 Å². The number of hydrogen-bond donors (Lipinski definition) is 1. The summed E-state index contributed by atoms with van der Waals surface area (Å²) >= 11 is 0. The number of nitrogens with zero attached hydrogens (tertiary/aromatic N) is 3. The third-order valence-corrected chi connectivity index (χ3v) is 3.49. The minimum atomic E-state index is 0.378. The predicted octanol–water partition coefficient (Wildman–Crippen LogP) is 2.97. The van der Waals surface area contributed by atoms with E-state index in [2.05, 4.69) is 47.6 Å². The maximum Gasteiger partial charge on any atom is 0.0537 e. The van der Waals surface area contributed by atoms with Gasteiger partial charge in [0.1, 0.15) is 0 Å². The van der Waals surface area contributed by atoms with E-state index in [0.717, 1.165) is 32.4 Å². The second-order valence-electron chi connectivity index (χ2n) is 5.03. The fourth-order valence-corrected chi connectivity index (χ4v) is 2.30. The van der Waals surface area contributed by atoms with Crippen molar-refractivity contribution in [2.24, 2.45) is 0 Å². The Morgan fingerprint density at radius 2 is 2.05 bits per heavy atom. The van der Waals surface area contributed by atoms with Gasteiger partial charge in [0.25, 0.3) is 0 Å². The van der Waals surface area contributed by atoms with E-state index < -0.39 is 0 Å². The molecule has 1 unspecified atom stereocenters. The van der Waals surface area contributed by atoms with Crippen LogP contribution in [0.1, 0.15) is 43.9 Å². The highest BCUT2D eigenvalue weighted by Gasteiger charge is 2.12. The minimum Gasteiger partial charge on any atom is -0.310 e. The molecular weight excluding hydrogens is 248 g/mol. The quantitative estimate of drug-likeness (QED) is 0.803. The van der Waals surface area contributed by atoms with Crippen LogP contribution in [0.5, 0.6) is 0 Å². The van der Waals surface area contributed by atoms with Crippen LogP contribution in [0.3, 0.4) is 0 Å². The van der Waals surface area contributed by atoms with E-state index in [4.69, 9.17) is 0 Å². The van der Waals surface area contributed by atoms with Crippen LogP contribution in [0, 0.1) is 0 Å². The van der Waals surface area contributed by atoms with Crippen molar-refractivity contribution in [2.45, 2.75) is 45.7 Å². The standard InChI is InChI=1S/C16H24N4/c1-3-9-18-16(15-12-19-20(4-2)13-15)6-5-14-7-10-17-11-8-14/h7-8,10-13,16,18H,3-6,9H2,1-2H3. The molecule has 4 heteroatoms.